The first kappa shape index (κ1) is 23.3. The first-order valence-electron chi connectivity index (χ1n) is 12.3. The number of nitrogens with zero attached hydrogens (tertiary/aromatic N) is 3. The van der Waals surface area contributed by atoms with Crippen molar-refractivity contribution in [2.24, 2.45) is 0 Å². The van der Waals surface area contributed by atoms with Gasteiger partial charge in [0.05, 0.1) is 19.0 Å². The number of hydrogen-bond acceptors (Lipinski definition) is 6. The van der Waals surface area contributed by atoms with Gasteiger partial charge < -0.3 is 19.1 Å². The monoisotopic (exact) mass is 505 g/mol. The lowest BCUT2D eigenvalue weighted by molar-refractivity contribution is -0.187. The van der Waals surface area contributed by atoms with Crippen molar-refractivity contribution in [3.63, 3.8) is 0 Å². The van der Waals surface area contributed by atoms with E-state index in [0.29, 0.717) is 17.4 Å². The predicted octanol–water partition coefficient (Wildman–Crippen LogP) is 4.11. The van der Waals surface area contributed by atoms with Gasteiger partial charge in [0.1, 0.15) is 18.5 Å². The van der Waals surface area contributed by atoms with Crippen LogP contribution in [0.4, 0.5) is 11.4 Å². The van der Waals surface area contributed by atoms with Crippen molar-refractivity contribution in [1.29, 1.82) is 0 Å². The van der Waals surface area contributed by atoms with Crippen LogP contribution >= 0.6 is 11.6 Å². The van der Waals surface area contributed by atoms with Gasteiger partial charge in [0.2, 0.25) is 0 Å². The lowest BCUT2D eigenvalue weighted by atomic mass is 10.1. The Labute approximate surface area is 215 Å². The largest absolute Gasteiger partial charge is 0.491 e. The Kier molecular flexibility index (Phi) is 6.31. The minimum absolute atomic E-state index is 0.178. The molecule has 3 aromatic rings. The molecule has 3 aliphatic rings. The molecule has 36 heavy (non-hydrogen) atoms. The number of piperazine rings is 1. The summed E-state index contributed by atoms with van der Waals surface area (Å²) >= 11 is 5.96. The Morgan fingerprint density at radius 3 is 2.42 bits per heavy atom. The zero-order valence-corrected chi connectivity index (χ0v) is 20.6. The van der Waals surface area contributed by atoms with Crippen LogP contribution in [0.2, 0.25) is 5.02 Å². The van der Waals surface area contributed by atoms with E-state index in [9.17, 15) is 4.79 Å². The lowest BCUT2D eigenvalue weighted by Crippen LogP contribution is -2.52. The molecule has 186 valence electrons. The first-order valence-corrected chi connectivity index (χ1v) is 12.6. The van der Waals surface area contributed by atoms with Gasteiger partial charge in [-0.1, -0.05) is 48.0 Å². The molecule has 6 rings (SSSR count). The molecule has 0 bridgehead atoms. The van der Waals surface area contributed by atoms with Gasteiger partial charge in [-0.05, 0) is 42.5 Å². The SMILES string of the molecule is O=C1N(CN2CCN(c3ccccc3)CC2)c2ccccc2[C@]12OC[C@@H](COc1ccc(Cl)cc1)O2. The van der Waals surface area contributed by atoms with Gasteiger partial charge >= 0.3 is 0 Å². The third-order valence-corrected chi connectivity index (χ3v) is 7.22. The van der Waals surface area contributed by atoms with Gasteiger partial charge in [-0.15, -0.1) is 0 Å². The summed E-state index contributed by atoms with van der Waals surface area (Å²) < 4.78 is 18.3. The Morgan fingerprint density at radius 2 is 1.64 bits per heavy atom. The van der Waals surface area contributed by atoms with Crippen molar-refractivity contribution in [2.45, 2.75) is 11.9 Å². The number of ether oxygens (including phenoxy) is 3. The van der Waals surface area contributed by atoms with Crippen LogP contribution in [0, 0.1) is 0 Å². The second kappa shape index (κ2) is 9.75. The van der Waals surface area contributed by atoms with E-state index in [1.54, 1.807) is 17.0 Å². The Hall–Kier alpha value is -3.10. The minimum atomic E-state index is -1.42. The zero-order valence-electron chi connectivity index (χ0n) is 19.9. The molecule has 0 N–H and O–H groups in total. The van der Waals surface area contributed by atoms with Crippen LogP contribution in [0.15, 0.2) is 78.9 Å². The fourth-order valence-corrected chi connectivity index (χ4v) is 5.21. The highest BCUT2D eigenvalue weighted by Gasteiger charge is 2.58. The van der Waals surface area contributed by atoms with Crippen LogP contribution in [-0.4, -0.2) is 63.0 Å². The van der Waals surface area contributed by atoms with Crippen molar-refractivity contribution in [3.8, 4) is 5.75 Å². The Morgan fingerprint density at radius 1 is 0.917 bits per heavy atom. The molecular weight excluding hydrogens is 478 g/mol. The van der Waals surface area contributed by atoms with Crippen LogP contribution in [0.1, 0.15) is 5.56 Å². The third kappa shape index (κ3) is 4.33. The molecule has 0 aliphatic carbocycles. The van der Waals surface area contributed by atoms with Crippen molar-refractivity contribution in [3.05, 3.63) is 89.4 Å². The van der Waals surface area contributed by atoms with E-state index >= 15 is 0 Å². The number of hydrogen-bond donors (Lipinski definition) is 0. The summed E-state index contributed by atoms with van der Waals surface area (Å²) in [7, 11) is 0. The summed E-state index contributed by atoms with van der Waals surface area (Å²) in [6.45, 7) is 4.61. The minimum Gasteiger partial charge on any atom is -0.491 e. The maximum atomic E-state index is 13.8. The molecule has 8 heteroatoms. The number of halogens is 1. The molecule has 0 saturated carbocycles. The topological polar surface area (TPSA) is 54.5 Å². The number of amides is 1. The van der Waals surface area contributed by atoms with Crippen molar-refractivity contribution in [1.82, 2.24) is 4.90 Å². The number of fused-ring (bicyclic) bond motifs is 2. The fourth-order valence-electron chi connectivity index (χ4n) is 5.08. The highest BCUT2D eigenvalue weighted by molar-refractivity contribution is 6.30. The van der Waals surface area contributed by atoms with Gasteiger partial charge in [0.15, 0.2) is 0 Å². The van der Waals surface area contributed by atoms with E-state index in [1.165, 1.54) is 5.69 Å². The normalized spacial score (nSPS) is 23.9. The van der Waals surface area contributed by atoms with Crippen LogP contribution < -0.4 is 14.5 Å². The van der Waals surface area contributed by atoms with E-state index < -0.39 is 5.79 Å². The smallest absolute Gasteiger partial charge is 0.293 e. The number of rotatable bonds is 6. The van der Waals surface area contributed by atoms with Gasteiger partial charge in [0, 0.05) is 42.5 Å². The quantitative estimate of drug-likeness (QED) is 0.502. The van der Waals surface area contributed by atoms with E-state index in [0.717, 1.165) is 37.4 Å². The van der Waals surface area contributed by atoms with Crippen molar-refractivity contribution < 1.29 is 19.0 Å². The number of carbonyl (C=O) groups is 1. The second-order valence-electron chi connectivity index (χ2n) is 9.26. The first-order chi connectivity index (χ1) is 17.6. The van der Waals surface area contributed by atoms with Crippen LogP contribution in [0.25, 0.3) is 0 Å². The molecule has 2 atom stereocenters. The van der Waals surface area contributed by atoms with Crippen LogP contribution in [0.5, 0.6) is 5.75 Å². The molecule has 2 saturated heterocycles. The van der Waals surface area contributed by atoms with Crippen LogP contribution in [-0.2, 0) is 20.1 Å². The maximum absolute atomic E-state index is 13.8. The van der Waals surface area contributed by atoms with Crippen molar-refractivity contribution in [2.75, 3.05) is 55.9 Å². The third-order valence-electron chi connectivity index (χ3n) is 6.97. The van der Waals surface area contributed by atoms with Gasteiger partial charge in [-0.25, -0.2) is 0 Å². The van der Waals surface area contributed by atoms with E-state index in [1.807, 2.05) is 42.5 Å². The molecule has 1 amide bonds. The molecule has 3 aliphatic heterocycles. The van der Waals surface area contributed by atoms with Gasteiger partial charge in [-0.3, -0.25) is 14.6 Å². The lowest BCUT2D eigenvalue weighted by Gasteiger charge is -2.38. The van der Waals surface area contributed by atoms with Crippen LogP contribution in [0.3, 0.4) is 0 Å². The number of carbonyl (C=O) groups excluding carboxylic acids is 1. The number of benzene rings is 3. The number of anilines is 2. The summed E-state index contributed by atoms with van der Waals surface area (Å²) in [6.07, 6.45) is -0.368. The summed E-state index contributed by atoms with van der Waals surface area (Å²) in [4.78, 5) is 20.3. The van der Waals surface area contributed by atoms with Gasteiger partial charge in [-0.2, -0.15) is 0 Å². The average Bonchev–Trinajstić information content (AvgIpc) is 3.46. The second-order valence-corrected chi connectivity index (χ2v) is 9.70. The van der Waals surface area contributed by atoms with E-state index in [-0.39, 0.29) is 25.2 Å². The standard InChI is InChI=1S/C28H28ClN3O4/c29-21-10-12-23(13-11-21)34-18-24-19-35-28(36-24)25-8-4-5-9-26(25)32(27(28)33)20-30-14-16-31(17-15-30)22-6-2-1-3-7-22/h1-13,24H,14-20H2/t24-,28-/m1/s1. The Balaban J connectivity index is 1.13. The molecule has 1 spiro atoms. The average molecular weight is 506 g/mol. The molecule has 0 radical (unpaired) electrons. The van der Waals surface area contributed by atoms with E-state index in [2.05, 4.69) is 34.1 Å². The molecule has 0 aromatic heterocycles. The fraction of sp³-hybridized carbons (Fsp3) is 0.321. The summed E-state index contributed by atoms with van der Waals surface area (Å²) in [5.74, 6) is -0.905. The molecular formula is C28H28ClN3O4. The summed E-state index contributed by atoms with van der Waals surface area (Å²) in [5, 5.41) is 0.650. The maximum Gasteiger partial charge on any atom is 0.293 e. The van der Waals surface area contributed by atoms with Gasteiger partial charge in [0.25, 0.3) is 11.7 Å². The molecule has 7 nitrogen and oxygen atoms in total. The molecule has 3 aromatic carbocycles. The highest BCUT2D eigenvalue weighted by atomic mass is 35.5. The molecule has 3 heterocycles. The van der Waals surface area contributed by atoms with E-state index in [4.69, 9.17) is 25.8 Å². The van der Waals surface area contributed by atoms with Crippen molar-refractivity contribution >= 4 is 28.9 Å². The highest BCUT2D eigenvalue weighted by Crippen LogP contribution is 2.47. The zero-order chi connectivity index (χ0) is 24.5. The summed E-state index contributed by atoms with van der Waals surface area (Å²) in [6, 6.07) is 25.4. The summed E-state index contributed by atoms with van der Waals surface area (Å²) in [5.41, 5.74) is 2.83. The number of para-hydroxylation sites is 2. The molecule has 0 unspecified atom stereocenters. The molecule has 2 fully saturated rings. The Bertz CT molecular complexity index is 1220. The predicted molar refractivity (Wildman–Crippen MR) is 138 cm³/mol.